The van der Waals surface area contributed by atoms with Gasteiger partial charge in [-0.15, -0.1) is 0 Å². The van der Waals surface area contributed by atoms with Gasteiger partial charge in [0.2, 0.25) is 5.75 Å². The van der Waals surface area contributed by atoms with Crippen molar-refractivity contribution in [2.24, 2.45) is 11.1 Å². The molecule has 1 aromatic carbocycles. The van der Waals surface area contributed by atoms with Gasteiger partial charge in [0.05, 0.1) is 4.92 Å². The number of nitrogens with two attached hydrogens (primary N) is 1. The molecule has 0 saturated heterocycles. The number of hydrogen-bond donors (Lipinski definition) is 4. The Balaban J connectivity index is 3.31. The van der Waals surface area contributed by atoms with E-state index in [-0.39, 0.29) is 12.2 Å². The Labute approximate surface area is 104 Å². The van der Waals surface area contributed by atoms with E-state index in [1.165, 1.54) is 0 Å². The SMILES string of the molecule is CC(C)(CO)[C@@H](N)c1cc(O)c(O)c([N+](=O)[O-])c1. The number of aliphatic hydroxyl groups is 1. The van der Waals surface area contributed by atoms with Gasteiger partial charge < -0.3 is 21.1 Å². The number of aliphatic hydroxyl groups excluding tert-OH is 1. The van der Waals surface area contributed by atoms with Crippen LogP contribution in [0.4, 0.5) is 5.69 Å². The van der Waals surface area contributed by atoms with Gasteiger partial charge in [-0.25, -0.2) is 0 Å². The molecule has 0 unspecified atom stereocenters. The summed E-state index contributed by atoms with van der Waals surface area (Å²) in [7, 11) is 0. The number of nitro benzene ring substituents is 1. The zero-order chi connectivity index (χ0) is 14.1. The van der Waals surface area contributed by atoms with Crippen molar-refractivity contribution in [1.82, 2.24) is 0 Å². The fourth-order valence-corrected chi connectivity index (χ4v) is 1.49. The fourth-order valence-electron chi connectivity index (χ4n) is 1.49. The highest BCUT2D eigenvalue weighted by Crippen LogP contribution is 2.40. The van der Waals surface area contributed by atoms with Crippen molar-refractivity contribution < 1.29 is 20.2 Å². The molecule has 1 rings (SSSR count). The molecule has 0 radical (unpaired) electrons. The Kier molecular flexibility index (Phi) is 3.78. The van der Waals surface area contributed by atoms with Gasteiger partial charge in [-0.3, -0.25) is 10.1 Å². The van der Waals surface area contributed by atoms with Crippen LogP contribution in [0.25, 0.3) is 0 Å². The first-order valence-electron chi connectivity index (χ1n) is 5.27. The van der Waals surface area contributed by atoms with Gasteiger partial charge in [0.25, 0.3) is 0 Å². The Hall–Kier alpha value is -1.86. The number of phenolic OH excluding ortho intramolecular Hbond substituents is 2. The number of aromatic hydroxyl groups is 2. The first kappa shape index (κ1) is 14.2. The van der Waals surface area contributed by atoms with Gasteiger partial charge in [0.15, 0.2) is 5.75 Å². The second kappa shape index (κ2) is 4.79. The smallest absolute Gasteiger partial charge is 0.314 e. The van der Waals surface area contributed by atoms with Crippen molar-refractivity contribution in [2.45, 2.75) is 19.9 Å². The van der Waals surface area contributed by atoms with E-state index < -0.39 is 33.6 Å². The monoisotopic (exact) mass is 256 g/mol. The molecule has 0 aliphatic heterocycles. The quantitative estimate of drug-likeness (QED) is 0.361. The lowest BCUT2D eigenvalue weighted by molar-refractivity contribution is -0.386. The molecule has 1 aromatic rings. The summed E-state index contributed by atoms with van der Waals surface area (Å²) in [6, 6.07) is 1.54. The molecule has 0 aliphatic carbocycles. The third kappa shape index (κ3) is 2.52. The predicted molar refractivity (Wildman–Crippen MR) is 64.2 cm³/mol. The van der Waals surface area contributed by atoms with Crippen molar-refractivity contribution in [3.63, 3.8) is 0 Å². The van der Waals surface area contributed by atoms with E-state index in [0.29, 0.717) is 0 Å². The van der Waals surface area contributed by atoms with Crippen LogP contribution < -0.4 is 5.73 Å². The van der Waals surface area contributed by atoms with Crippen LogP contribution >= 0.6 is 0 Å². The predicted octanol–water partition coefficient (Wildman–Crippen LogP) is 1.02. The highest BCUT2D eigenvalue weighted by atomic mass is 16.6. The molecule has 0 aromatic heterocycles. The van der Waals surface area contributed by atoms with E-state index in [9.17, 15) is 25.4 Å². The number of nitrogens with zero attached hydrogens (tertiary/aromatic N) is 1. The normalized spacial score (nSPS) is 13.3. The number of nitro groups is 1. The van der Waals surface area contributed by atoms with Crippen LogP contribution in [0.3, 0.4) is 0 Å². The summed E-state index contributed by atoms with van der Waals surface area (Å²) >= 11 is 0. The lowest BCUT2D eigenvalue weighted by Crippen LogP contribution is -2.32. The summed E-state index contributed by atoms with van der Waals surface area (Å²) in [6.07, 6.45) is 0. The van der Waals surface area contributed by atoms with Crippen LogP contribution in [-0.2, 0) is 0 Å². The van der Waals surface area contributed by atoms with Crippen molar-refractivity contribution in [3.8, 4) is 11.5 Å². The minimum atomic E-state index is -0.808. The van der Waals surface area contributed by atoms with Crippen molar-refractivity contribution >= 4 is 5.69 Å². The molecule has 0 saturated carbocycles. The fraction of sp³-hybridized carbons (Fsp3) is 0.455. The largest absolute Gasteiger partial charge is 0.504 e. The van der Waals surface area contributed by atoms with Crippen molar-refractivity contribution in [1.29, 1.82) is 0 Å². The molecule has 0 heterocycles. The maximum atomic E-state index is 10.7. The Morgan fingerprint density at radius 1 is 1.44 bits per heavy atom. The average molecular weight is 256 g/mol. The minimum absolute atomic E-state index is 0.219. The third-order valence-electron chi connectivity index (χ3n) is 2.90. The molecule has 0 aliphatic rings. The number of phenols is 2. The lowest BCUT2D eigenvalue weighted by atomic mass is 9.81. The lowest BCUT2D eigenvalue weighted by Gasteiger charge is -2.29. The molecular weight excluding hydrogens is 240 g/mol. The van der Waals surface area contributed by atoms with Crippen LogP contribution in [0.15, 0.2) is 12.1 Å². The molecule has 0 amide bonds. The molecule has 5 N–H and O–H groups in total. The van der Waals surface area contributed by atoms with Crippen LogP contribution in [0, 0.1) is 15.5 Å². The van der Waals surface area contributed by atoms with E-state index in [1.54, 1.807) is 13.8 Å². The summed E-state index contributed by atoms with van der Waals surface area (Å²) in [4.78, 5) is 9.90. The number of benzene rings is 1. The van der Waals surface area contributed by atoms with Gasteiger partial charge in [0.1, 0.15) is 0 Å². The highest BCUT2D eigenvalue weighted by molar-refractivity contribution is 5.57. The minimum Gasteiger partial charge on any atom is -0.504 e. The van der Waals surface area contributed by atoms with E-state index in [1.807, 2.05) is 0 Å². The van der Waals surface area contributed by atoms with Crippen LogP contribution in [0.1, 0.15) is 25.5 Å². The Morgan fingerprint density at radius 2 is 2.00 bits per heavy atom. The Morgan fingerprint density at radius 3 is 2.44 bits per heavy atom. The van der Waals surface area contributed by atoms with Gasteiger partial charge in [-0.05, 0) is 11.6 Å². The number of rotatable bonds is 4. The molecule has 100 valence electrons. The molecule has 0 spiro atoms. The highest BCUT2D eigenvalue weighted by Gasteiger charge is 2.30. The Bertz CT molecular complexity index is 473. The van der Waals surface area contributed by atoms with Crippen LogP contribution in [-0.4, -0.2) is 26.8 Å². The summed E-state index contributed by atoms with van der Waals surface area (Å²) < 4.78 is 0. The summed E-state index contributed by atoms with van der Waals surface area (Å²) in [5.74, 6) is -1.40. The first-order chi connectivity index (χ1) is 8.20. The van der Waals surface area contributed by atoms with Crippen LogP contribution in [0.2, 0.25) is 0 Å². The second-order valence-corrected chi connectivity index (χ2v) is 4.79. The van der Waals surface area contributed by atoms with Gasteiger partial charge >= 0.3 is 5.69 Å². The third-order valence-corrected chi connectivity index (χ3v) is 2.90. The summed E-state index contributed by atoms with van der Waals surface area (Å²) in [5, 5.41) is 38.7. The maximum Gasteiger partial charge on any atom is 0.314 e. The van der Waals surface area contributed by atoms with Crippen molar-refractivity contribution in [3.05, 3.63) is 27.8 Å². The maximum absolute atomic E-state index is 10.7. The molecule has 0 bridgehead atoms. The zero-order valence-electron chi connectivity index (χ0n) is 10.1. The van der Waals surface area contributed by atoms with Gasteiger partial charge in [-0.1, -0.05) is 13.8 Å². The van der Waals surface area contributed by atoms with E-state index >= 15 is 0 Å². The molecule has 18 heavy (non-hydrogen) atoms. The van der Waals surface area contributed by atoms with E-state index in [0.717, 1.165) is 12.1 Å². The standard InChI is InChI=1S/C11H16N2O5/c1-11(2,5-14)10(12)6-3-7(13(17)18)9(16)8(15)4-6/h3-4,10,14-16H,5,12H2,1-2H3/t10-/m0/s1. The molecule has 0 fully saturated rings. The average Bonchev–Trinajstić information content (AvgIpc) is 2.31. The van der Waals surface area contributed by atoms with E-state index in [2.05, 4.69) is 0 Å². The van der Waals surface area contributed by atoms with E-state index in [4.69, 9.17) is 5.73 Å². The van der Waals surface area contributed by atoms with Crippen molar-refractivity contribution in [2.75, 3.05) is 6.61 Å². The molecule has 7 heteroatoms. The zero-order valence-corrected chi connectivity index (χ0v) is 10.1. The van der Waals surface area contributed by atoms with Crippen LogP contribution in [0.5, 0.6) is 11.5 Å². The first-order valence-corrected chi connectivity index (χ1v) is 5.27. The topological polar surface area (TPSA) is 130 Å². The summed E-state index contributed by atoms with van der Waals surface area (Å²) in [5.41, 5.74) is 4.84. The number of hydrogen-bond acceptors (Lipinski definition) is 6. The molecule has 7 nitrogen and oxygen atoms in total. The van der Waals surface area contributed by atoms with Gasteiger partial charge in [-0.2, -0.15) is 0 Å². The second-order valence-electron chi connectivity index (χ2n) is 4.79. The summed E-state index contributed by atoms with van der Waals surface area (Å²) in [6.45, 7) is 3.16. The van der Waals surface area contributed by atoms with Gasteiger partial charge in [0, 0.05) is 24.1 Å². The molecular formula is C11H16N2O5. The molecule has 1 atom stereocenters.